The molecule has 2 aromatic heterocycles. The molecule has 2 atom stereocenters. The van der Waals surface area contributed by atoms with Crippen molar-refractivity contribution in [2.45, 2.75) is 36.1 Å². The van der Waals surface area contributed by atoms with Crippen molar-refractivity contribution in [3.63, 3.8) is 0 Å². The minimum absolute atomic E-state index is 0.0572. The van der Waals surface area contributed by atoms with Crippen molar-refractivity contribution in [2.75, 3.05) is 50.7 Å². The summed E-state index contributed by atoms with van der Waals surface area (Å²) in [7, 11) is -0.161. The first kappa shape index (κ1) is 28.5. The van der Waals surface area contributed by atoms with E-state index < -0.39 is 34.6 Å². The normalized spacial score (nSPS) is 18.4. The Kier molecular flexibility index (Phi) is 8.27. The van der Waals surface area contributed by atoms with Gasteiger partial charge >= 0.3 is 6.18 Å². The number of anilines is 2. The molecule has 0 bridgehead atoms. The van der Waals surface area contributed by atoms with Crippen LogP contribution >= 0.6 is 0 Å². The second-order valence-corrected chi connectivity index (χ2v) is 11.5. The number of imidazole rings is 1. The van der Waals surface area contributed by atoms with Gasteiger partial charge in [-0.2, -0.15) is 13.2 Å². The van der Waals surface area contributed by atoms with Gasteiger partial charge in [-0.15, -0.1) is 0 Å². The smallest absolute Gasteiger partial charge is 0.394 e. The van der Waals surface area contributed by atoms with E-state index in [-0.39, 0.29) is 29.3 Å². The van der Waals surface area contributed by atoms with Crippen LogP contribution in [0.25, 0.3) is 5.65 Å². The van der Waals surface area contributed by atoms with E-state index in [0.717, 1.165) is 6.26 Å². The fraction of sp³-hybridized carbons (Fsp3) is 0.423. The number of halogens is 4. The van der Waals surface area contributed by atoms with Gasteiger partial charge in [-0.1, -0.05) is 11.8 Å². The number of pyridine rings is 1. The van der Waals surface area contributed by atoms with E-state index in [0.29, 0.717) is 35.7 Å². The Hall–Kier alpha value is -3.50. The summed E-state index contributed by atoms with van der Waals surface area (Å²) in [5, 5.41) is 6.19. The van der Waals surface area contributed by atoms with Crippen LogP contribution in [-0.4, -0.2) is 81.1 Å². The topological polar surface area (TPSA) is 88.0 Å². The number of nitrogens with zero attached hydrogens (tertiary/aromatic N) is 3. The van der Waals surface area contributed by atoms with Gasteiger partial charge in [0.15, 0.2) is 15.5 Å². The van der Waals surface area contributed by atoms with Crippen LogP contribution in [0.1, 0.15) is 17.7 Å². The minimum atomic E-state index is -4.43. The molecule has 0 saturated carbocycles. The first-order valence-corrected chi connectivity index (χ1v) is 14.0. The van der Waals surface area contributed by atoms with Crippen molar-refractivity contribution < 1.29 is 30.7 Å². The van der Waals surface area contributed by atoms with Crippen LogP contribution in [0.4, 0.5) is 28.9 Å². The molecule has 2 N–H and O–H groups in total. The van der Waals surface area contributed by atoms with Gasteiger partial charge in [0.05, 0.1) is 48.1 Å². The molecule has 4 rings (SSSR count). The van der Waals surface area contributed by atoms with Crippen LogP contribution in [0.5, 0.6) is 5.75 Å². The Balaban J connectivity index is 1.60. The average Bonchev–Trinajstić information content (AvgIpc) is 3.24. The number of nitrogens with one attached hydrogen (secondary N) is 2. The minimum Gasteiger partial charge on any atom is -0.495 e. The van der Waals surface area contributed by atoms with E-state index >= 15 is 0 Å². The molecule has 1 aliphatic rings. The van der Waals surface area contributed by atoms with Crippen molar-refractivity contribution in [1.29, 1.82) is 0 Å². The molecule has 0 amide bonds. The van der Waals surface area contributed by atoms with E-state index in [1.165, 1.54) is 36.0 Å². The van der Waals surface area contributed by atoms with Gasteiger partial charge in [0, 0.05) is 43.4 Å². The summed E-state index contributed by atoms with van der Waals surface area (Å²) in [4.78, 5) is 6.17. The van der Waals surface area contributed by atoms with Crippen molar-refractivity contribution in [3.05, 3.63) is 47.9 Å². The largest absolute Gasteiger partial charge is 0.495 e. The van der Waals surface area contributed by atoms with Gasteiger partial charge < -0.3 is 24.7 Å². The van der Waals surface area contributed by atoms with E-state index in [2.05, 4.69) is 27.5 Å². The molecule has 1 aromatic carbocycles. The van der Waals surface area contributed by atoms with Gasteiger partial charge in [-0.3, -0.25) is 0 Å². The van der Waals surface area contributed by atoms with Gasteiger partial charge in [0.2, 0.25) is 0 Å². The Bertz CT molecular complexity index is 1510. The first-order valence-electron chi connectivity index (χ1n) is 12.1. The van der Waals surface area contributed by atoms with Crippen molar-refractivity contribution in [2.24, 2.45) is 0 Å². The Labute approximate surface area is 224 Å². The maximum atomic E-state index is 14.7. The molecule has 13 heteroatoms. The van der Waals surface area contributed by atoms with Crippen molar-refractivity contribution in [3.8, 4) is 17.6 Å². The summed E-state index contributed by atoms with van der Waals surface area (Å²) in [5.74, 6) is 6.17. The number of ether oxygens (including phenoxy) is 1. The van der Waals surface area contributed by atoms with Crippen LogP contribution in [0.2, 0.25) is 0 Å². The summed E-state index contributed by atoms with van der Waals surface area (Å²) in [6.07, 6.45) is -2.49. The monoisotopic (exact) mass is 567 g/mol. The van der Waals surface area contributed by atoms with Crippen molar-refractivity contribution in [1.82, 2.24) is 14.3 Å². The summed E-state index contributed by atoms with van der Waals surface area (Å²) in [6.45, 7) is 1.07. The lowest BCUT2D eigenvalue weighted by Gasteiger charge is -2.33. The van der Waals surface area contributed by atoms with Gasteiger partial charge in [0.1, 0.15) is 11.9 Å². The van der Waals surface area contributed by atoms with E-state index in [1.807, 2.05) is 11.9 Å². The molecule has 0 spiro atoms. The fourth-order valence-electron chi connectivity index (χ4n) is 4.40. The quantitative estimate of drug-likeness (QED) is 0.332. The van der Waals surface area contributed by atoms with E-state index in [9.17, 15) is 26.0 Å². The average molecular weight is 568 g/mol. The van der Waals surface area contributed by atoms with E-state index in [1.54, 1.807) is 12.1 Å². The number of piperidine rings is 1. The lowest BCUT2D eigenvalue weighted by atomic mass is 10.0. The fourth-order valence-corrected chi connectivity index (χ4v) is 5.04. The zero-order valence-electron chi connectivity index (χ0n) is 21.6. The number of sulfone groups is 1. The second kappa shape index (κ2) is 11.3. The summed E-state index contributed by atoms with van der Waals surface area (Å²) >= 11 is 0. The molecule has 0 radical (unpaired) electrons. The highest BCUT2D eigenvalue weighted by Gasteiger charge is 2.31. The second-order valence-electron chi connectivity index (χ2n) is 9.48. The van der Waals surface area contributed by atoms with Crippen LogP contribution in [0.15, 0.2) is 41.6 Å². The summed E-state index contributed by atoms with van der Waals surface area (Å²) < 4.78 is 84.4. The zero-order valence-corrected chi connectivity index (χ0v) is 22.5. The molecule has 0 aliphatic carbocycles. The van der Waals surface area contributed by atoms with Gasteiger partial charge in [-0.05, 0) is 31.7 Å². The SMILES string of the molecule is COc1cc(S(C)(=O)=O)ccc1NCC#Cc1cc(N[C@H]2CCN(C)C[C@H]2F)c2ncc(CC(F)(F)F)n2c1. The molecule has 8 nitrogen and oxygen atoms in total. The lowest BCUT2D eigenvalue weighted by molar-refractivity contribution is -0.127. The molecule has 1 aliphatic heterocycles. The van der Waals surface area contributed by atoms with Crippen LogP contribution in [0, 0.1) is 11.8 Å². The number of likely N-dealkylation sites (tertiary alicyclic amines) is 1. The molecule has 3 heterocycles. The molecule has 210 valence electrons. The van der Waals surface area contributed by atoms with Crippen LogP contribution < -0.4 is 15.4 Å². The highest BCUT2D eigenvalue weighted by Crippen LogP contribution is 2.29. The third-order valence-electron chi connectivity index (χ3n) is 6.35. The maximum Gasteiger partial charge on any atom is 0.394 e. The molecular weight excluding hydrogens is 538 g/mol. The highest BCUT2D eigenvalue weighted by molar-refractivity contribution is 7.90. The molecule has 39 heavy (non-hydrogen) atoms. The molecule has 1 fully saturated rings. The van der Waals surface area contributed by atoms with Crippen molar-refractivity contribution >= 4 is 26.9 Å². The Morgan fingerprint density at radius 1 is 1.23 bits per heavy atom. The van der Waals surface area contributed by atoms with Gasteiger partial charge in [0.25, 0.3) is 0 Å². The summed E-state index contributed by atoms with van der Waals surface area (Å²) in [6, 6.07) is 5.55. The van der Waals surface area contributed by atoms with Gasteiger partial charge in [-0.25, -0.2) is 17.8 Å². The molecule has 1 saturated heterocycles. The lowest BCUT2D eigenvalue weighted by Crippen LogP contribution is -2.46. The third-order valence-corrected chi connectivity index (χ3v) is 7.46. The molecule has 0 unspecified atom stereocenters. The predicted octanol–water partition coefficient (Wildman–Crippen LogP) is 3.77. The number of hydrogen-bond donors (Lipinski definition) is 2. The standard InChI is InChI=1S/C26H29F4N5O3S/c1-34-10-8-21(20(27)16-34)33-23-11-17(15-35-18(13-26(28,29)30)14-32-25(23)35)5-4-9-31-22-7-6-19(39(3,36)37)12-24(22)38-2/h6-7,11-12,14-15,20-21,31,33H,8-10,13,16H2,1-3H3/t20-,21+/m1/s1. The van der Waals surface area contributed by atoms with Crippen LogP contribution in [0.3, 0.4) is 0 Å². The number of rotatable bonds is 7. The molecule has 3 aromatic rings. The maximum absolute atomic E-state index is 14.7. The number of methoxy groups -OCH3 is 1. The Morgan fingerprint density at radius 3 is 2.67 bits per heavy atom. The highest BCUT2D eigenvalue weighted by atomic mass is 32.2. The number of aromatic nitrogens is 2. The predicted molar refractivity (Wildman–Crippen MR) is 141 cm³/mol. The number of benzene rings is 1. The van der Waals surface area contributed by atoms with Crippen LogP contribution in [-0.2, 0) is 16.3 Å². The number of fused-ring (bicyclic) bond motifs is 1. The molecular formula is C26H29F4N5O3S. The zero-order chi connectivity index (χ0) is 28.4. The number of hydrogen-bond acceptors (Lipinski definition) is 7. The summed E-state index contributed by atoms with van der Waals surface area (Å²) in [5.41, 5.74) is 1.54. The number of alkyl halides is 4. The first-order chi connectivity index (χ1) is 18.3. The Morgan fingerprint density at radius 2 is 2.00 bits per heavy atom. The third kappa shape index (κ3) is 7.13. The van der Waals surface area contributed by atoms with E-state index in [4.69, 9.17) is 4.74 Å².